The van der Waals surface area contributed by atoms with Crippen molar-refractivity contribution in [3.05, 3.63) is 53.7 Å². The lowest BCUT2D eigenvalue weighted by molar-refractivity contribution is 0.0599. The molecule has 0 unspecified atom stereocenters. The number of aromatic nitrogens is 3. The molecule has 1 aromatic carbocycles. The molecule has 4 rings (SSSR count). The number of para-hydroxylation sites is 1. The van der Waals surface area contributed by atoms with Gasteiger partial charge in [-0.1, -0.05) is 12.1 Å². The van der Waals surface area contributed by atoms with Crippen molar-refractivity contribution < 1.29 is 13.9 Å². The van der Waals surface area contributed by atoms with Crippen molar-refractivity contribution in [2.45, 2.75) is 13.8 Å². The van der Waals surface area contributed by atoms with Crippen molar-refractivity contribution in [1.82, 2.24) is 15.0 Å². The molecule has 8 heteroatoms. The number of anilines is 2. The third-order valence-corrected chi connectivity index (χ3v) is 5.08. The van der Waals surface area contributed by atoms with Gasteiger partial charge in [-0.05, 0) is 26.0 Å². The van der Waals surface area contributed by atoms with Crippen molar-refractivity contribution >= 4 is 39.2 Å². The van der Waals surface area contributed by atoms with Crippen LogP contribution in [-0.2, 0) is 4.74 Å². The molecule has 7 nitrogen and oxygen atoms in total. The highest BCUT2D eigenvalue weighted by molar-refractivity contribution is 7.21. The Morgan fingerprint density at radius 1 is 1.22 bits per heavy atom. The van der Waals surface area contributed by atoms with E-state index in [0.717, 1.165) is 15.9 Å². The first-order valence-electron chi connectivity index (χ1n) is 8.20. The first-order chi connectivity index (χ1) is 13.1. The number of methoxy groups -OCH3 is 1. The third-order valence-electron chi connectivity index (χ3n) is 4.03. The Labute approximate surface area is 159 Å². The van der Waals surface area contributed by atoms with Gasteiger partial charge in [0.2, 0.25) is 5.88 Å². The molecule has 0 spiro atoms. The predicted octanol–water partition coefficient (Wildman–Crippen LogP) is 4.49. The van der Waals surface area contributed by atoms with Gasteiger partial charge in [0, 0.05) is 11.8 Å². The van der Waals surface area contributed by atoms with Crippen LogP contribution < -0.4 is 5.32 Å². The summed E-state index contributed by atoms with van der Waals surface area (Å²) >= 11 is 1.48. The Morgan fingerprint density at radius 2 is 2.04 bits per heavy atom. The molecule has 0 saturated heterocycles. The molecule has 4 aromatic rings. The number of carbonyl (C=O) groups excluding carboxylic acids is 1. The van der Waals surface area contributed by atoms with Gasteiger partial charge in [-0.3, -0.25) is 0 Å². The third kappa shape index (κ3) is 3.15. The van der Waals surface area contributed by atoms with Crippen molar-refractivity contribution in [3.63, 3.8) is 0 Å². The van der Waals surface area contributed by atoms with Crippen LogP contribution in [0.25, 0.3) is 20.8 Å². The molecule has 136 valence electrons. The van der Waals surface area contributed by atoms with E-state index in [4.69, 9.17) is 9.15 Å². The summed E-state index contributed by atoms with van der Waals surface area (Å²) in [5, 5.41) is 3.81. The van der Waals surface area contributed by atoms with Crippen LogP contribution in [0.4, 0.5) is 11.7 Å². The van der Waals surface area contributed by atoms with E-state index in [1.165, 1.54) is 24.8 Å². The van der Waals surface area contributed by atoms with Gasteiger partial charge < -0.3 is 14.5 Å². The number of nitrogens with one attached hydrogen (secondary N) is 1. The van der Waals surface area contributed by atoms with Crippen LogP contribution in [-0.4, -0.2) is 28.0 Å². The minimum Gasteiger partial charge on any atom is -0.465 e. The first-order valence-corrected chi connectivity index (χ1v) is 9.02. The van der Waals surface area contributed by atoms with Gasteiger partial charge in [0.15, 0.2) is 0 Å². The molecule has 0 aliphatic heterocycles. The van der Waals surface area contributed by atoms with Crippen LogP contribution in [0, 0.1) is 13.8 Å². The summed E-state index contributed by atoms with van der Waals surface area (Å²) in [5.41, 5.74) is 2.59. The maximum Gasteiger partial charge on any atom is 0.342 e. The summed E-state index contributed by atoms with van der Waals surface area (Å²) in [5.74, 6) is 0.932. The normalized spacial score (nSPS) is 10.9. The number of hydrogen-bond acceptors (Lipinski definition) is 8. The Morgan fingerprint density at radius 3 is 2.78 bits per heavy atom. The number of nitrogens with zero attached hydrogens (tertiary/aromatic N) is 3. The molecule has 0 aliphatic rings. The topological polar surface area (TPSA) is 90.1 Å². The fourth-order valence-corrected chi connectivity index (χ4v) is 3.82. The summed E-state index contributed by atoms with van der Waals surface area (Å²) in [4.78, 5) is 25.4. The van der Waals surface area contributed by atoms with Gasteiger partial charge in [0.25, 0.3) is 0 Å². The SMILES string of the molecule is COC(=O)c1c(C)oc(Nc2cc(C)ncn2)c1-c1nc2ccccc2s1. The number of rotatable bonds is 4. The summed E-state index contributed by atoms with van der Waals surface area (Å²) in [7, 11) is 1.35. The van der Waals surface area contributed by atoms with E-state index >= 15 is 0 Å². The molecule has 0 aliphatic carbocycles. The van der Waals surface area contributed by atoms with Crippen molar-refractivity contribution in [3.8, 4) is 10.6 Å². The Kier molecular flexibility index (Phi) is 4.33. The van der Waals surface area contributed by atoms with E-state index in [9.17, 15) is 4.79 Å². The second-order valence-corrected chi connectivity index (χ2v) is 6.92. The van der Waals surface area contributed by atoms with Gasteiger partial charge in [0.1, 0.15) is 28.5 Å². The molecule has 0 saturated carbocycles. The summed E-state index contributed by atoms with van der Waals surface area (Å²) < 4.78 is 11.8. The molecular formula is C19H16N4O3S. The lowest BCUT2D eigenvalue weighted by atomic mass is 10.1. The molecule has 3 aromatic heterocycles. The molecule has 0 radical (unpaired) electrons. The first kappa shape index (κ1) is 17.2. The predicted molar refractivity (Wildman–Crippen MR) is 103 cm³/mol. The smallest absolute Gasteiger partial charge is 0.342 e. The average molecular weight is 380 g/mol. The van der Waals surface area contributed by atoms with E-state index in [2.05, 4.69) is 20.3 Å². The number of carbonyl (C=O) groups is 1. The highest BCUT2D eigenvalue weighted by atomic mass is 32.1. The summed E-state index contributed by atoms with van der Waals surface area (Å²) in [6.45, 7) is 3.59. The van der Waals surface area contributed by atoms with Crippen LogP contribution in [0.15, 0.2) is 41.1 Å². The Bertz CT molecular complexity index is 1120. The molecule has 27 heavy (non-hydrogen) atoms. The van der Waals surface area contributed by atoms with Crippen LogP contribution in [0.1, 0.15) is 21.8 Å². The monoisotopic (exact) mass is 380 g/mol. The number of fused-ring (bicyclic) bond motifs is 1. The second-order valence-electron chi connectivity index (χ2n) is 5.89. The largest absolute Gasteiger partial charge is 0.465 e. The minimum atomic E-state index is -0.475. The van der Waals surface area contributed by atoms with E-state index in [1.807, 2.05) is 31.2 Å². The molecular weight excluding hydrogens is 364 g/mol. The van der Waals surface area contributed by atoms with Crippen molar-refractivity contribution in [1.29, 1.82) is 0 Å². The molecule has 1 N–H and O–H groups in total. The molecule has 0 fully saturated rings. The molecule has 0 amide bonds. The van der Waals surface area contributed by atoms with Gasteiger partial charge in [-0.2, -0.15) is 0 Å². The van der Waals surface area contributed by atoms with Crippen molar-refractivity contribution in [2.24, 2.45) is 0 Å². The van der Waals surface area contributed by atoms with E-state index in [0.29, 0.717) is 33.6 Å². The number of hydrogen-bond donors (Lipinski definition) is 1. The fourth-order valence-electron chi connectivity index (χ4n) is 2.80. The zero-order valence-electron chi connectivity index (χ0n) is 14.9. The number of furan rings is 1. The van der Waals surface area contributed by atoms with E-state index in [-0.39, 0.29) is 0 Å². The number of ether oxygens (including phenoxy) is 1. The number of aryl methyl sites for hydroxylation is 2. The quantitative estimate of drug-likeness (QED) is 0.522. The zero-order chi connectivity index (χ0) is 19.0. The standard InChI is InChI=1S/C19H16N4O3S/c1-10-8-14(21-9-20-10)23-17-16(15(11(2)26-17)19(24)25-3)18-22-12-6-4-5-7-13(12)27-18/h4-9H,1-3H3,(H,20,21,23). The van der Waals surface area contributed by atoms with Crippen LogP contribution in [0.3, 0.4) is 0 Å². The van der Waals surface area contributed by atoms with Crippen LogP contribution in [0.2, 0.25) is 0 Å². The van der Waals surface area contributed by atoms with Gasteiger partial charge in [0.05, 0.1) is 22.9 Å². The van der Waals surface area contributed by atoms with Gasteiger partial charge in [-0.25, -0.2) is 19.7 Å². The summed E-state index contributed by atoms with van der Waals surface area (Å²) in [6, 6.07) is 9.59. The molecule has 0 bridgehead atoms. The Balaban J connectivity index is 1.90. The van der Waals surface area contributed by atoms with Crippen LogP contribution in [0.5, 0.6) is 0 Å². The van der Waals surface area contributed by atoms with Crippen LogP contribution >= 0.6 is 11.3 Å². The maximum atomic E-state index is 12.4. The number of esters is 1. The molecule has 3 heterocycles. The number of benzene rings is 1. The average Bonchev–Trinajstić information content (AvgIpc) is 3.21. The lowest BCUT2D eigenvalue weighted by Gasteiger charge is -2.05. The minimum absolute atomic E-state index is 0.352. The summed E-state index contributed by atoms with van der Waals surface area (Å²) in [6.07, 6.45) is 1.46. The second kappa shape index (κ2) is 6.81. The van der Waals surface area contributed by atoms with Gasteiger partial charge in [-0.15, -0.1) is 11.3 Å². The Hall–Kier alpha value is -3.26. The molecule has 0 atom stereocenters. The van der Waals surface area contributed by atoms with E-state index in [1.54, 1.807) is 13.0 Å². The van der Waals surface area contributed by atoms with Crippen molar-refractivity contribution in [2.75, 3.05) is 12.4 Å². The van der Waals surface area contributed by atoms with Gasteiger partial charge >= 0.3 is 5.97 Å². The number of thiazole rings is 1. The maximum absolute atomic E-state index is 12.4. The highest BCUT2D eigenvalue weighted by Crippen LogP contribution is 2.41. The van der Waals surface area contributed by atoms with E-state index < -0.39 is 5.97 Å². The fraction of sp³-hybridized carbons (Fsp3) is 0.158. The zero-order valence-corrected chi connectivity index (χ0v) is 15.8. The lowest BCUT2D eigenvalue weighted by Crippen LogP contribution is -2.04. The highest BCUT2D eigenvalue weighted by Gasteiger charge is 2.28.